The van der Waals surface area contributed by atoms with E-state index >= 15 is 0 Å². The average Bonchev–Trinajstić information content (AvgIpc) is 2.60. The molecule has 0 atom stereocenters. The normalized spacial score (nSPS) is 14.4. The smallest absolute Gasteiger partial charge is 0.163 e. The van der Waals surface area contributed by atoms with E-state index in [9.17, 15) is 0 Å². The first-order valence-electron chi connectivity index (χ1n) is 5.75. The molecule has 0 spiro atoms. The minimum absolute atomic E-state index is 0.699. The molecule has 88 valence electrons. The van der Waals surface area contributed by atoms with Crippen molar-refractivity contribution in [2.24, 2.45) is 0 Å². The van der Waals surface area contributed by atoms with Crippen LogP contribution in [0, 0.1) is 0 Å². The summed E-state index contributed by atoms with van der Waals surface area (Å²) in [5, 5.41) is 4.09. The van der Waals surface area contributed by atoms with Crippen molar-refractivity contribution in [3.05, 3.63) is 24.3 Å². The number of hydrogen-bond acceptors (Lipinski definition) is 4. The highest BCUT2D eigenvalue weighted by Gasteiger charge is 2.12. The molecule has 3 rings (SSSR count). The maximum atomic E-state index is 5.64. The summed E-state index contributed by atoms with van der Waals surface area (Å²) in [5.41, 5.74) is 0.918. The van der Waals surface area contributed by atoms with Gasteiger partial charge in [0.1, 0.15) is 5.82 Å². The van der Waals surface area contributed by atoms with Crippen molar-refractivity contribution in [3.63, 3.8) is 0 Å². The average molecular weight is 230 g/mol. The number of anilines is 1. The van der Waals surface area contributed by atoms with Crippen LogP contribution in [-0.4, -0.2) is 25.2 Å². The largest absolute Gasteiger partial charge is 0.490 e. The van der Waals surface area contributed by atoms with Crippen LogP contribution in [0.25, 0.3) is 10.9 Å². The number of benzene rings is 1. The number of ether oxygens (including phenoxy) is 2. The Balaban J connectivity index is 2.15. The SMILES string of the molecule is CNc1ccc2cc3c(cc2n1)OCCCO3. The Labute approximate surface area is 99.6 Å². The first-order valence-corrected chi connectivity index (χ1v) is 5.75. The minimum Gasteiger partial charge on any atom is -0.490 e. The first-order chi connectivity index (χ1) is 8.36. The van der Waals surface area contributed by atoms with Crippen LogP contribution in [0.1, 0.15) is 6.42 Å². The van der Waals surface area contributed by atoms with Crippen LogP contribution in [-0.2, 0) is 0 Å². The Hall–Kier alpha value is -1.97. The van der Waals surface area contributed by atoms with Gasteiger partial charge in [-0.25, -0.2) is 4.98 Å². The van der Waals surface area contributed by atoms with Gasteiger partial charge < -0.3 is 14.8 Å². The van der Waals surface area contributed by atoms with Gasteiger partial charge in [0.15, 0.2) is 11.5 Å². The minimum atomic E-state index is 0.699. The molecule has 1 N–H and O–H groups in total. The van der Waals surface area contributed by atoms with Gasteiger partial charge in [-0.05, 0) is 18.2 Å². The number of nitrogens with one attached hydrogen (secondary N) is 1. The van der Waals surface area contributed by atoms with Crippen LogP contribution in [0.5, 0.6) is 11.5 Å². The molecule has 0 aliphatic carbocycles. The maximum Gasteiger partial charge on any atom is 0.163 e. The molecular formula is C13H14N2O2. The van der Waals surface area contributed by atoms with Gasteiger partial charge in [-0.3, -0.25) is 0 Å². The highest BCUT2D eigenvalue weighted by Crippen LogP contribution is 2.33. The maximum absolute atomic E-state index is 5.64. The highest BCUT2D eigenvalue weighted by atomic mass is 16.5. The summed E-state index contributed by atoms with van der Waals surface area (Å²) in [7, 11) is 1.86. The molecule has 0 saturated heterocycles. The molecule has 0 amide bonds. The van der Waals surface area contributed by atoms with E-state index in [0.717, 1.165) is 34.6 Å². The predicted molar refractivity (Wildman–Crippen MR) is 66.9 cm³/mol. The van der Waals surface area contributed by atoms with E-state index < -0.39 is 0 Å². The summed E-state index contributed by atoms with van der Waals surface area (Å²) in [4.78, 5) is 4.49. The summed E-state index contributed by atoms with van der Waals surface area (Å²) in [6, 6.07) is 7.91. The lowest BCUT2D eigenvalue weighted by Crippen LogP contribution is -1.97. The van der Waals surface area contributed by atoms with Crippen LogP contribution in [0.3, 0.4) is 0 Å². The van der Waals surface area contributed by atoms with Crippen molar-refractivity contribution in [3.8, 4) is 11.5 Å². The van der Waals surface area contributed by atoms with Gasteiger partial charge in [0.2, 0.25) is 0 Å². The predicted octanol–water partition coefficient (Wildman–Crippen LogP) is 2.44. The van der Waals surface area contributed by atoms with Crippen molar-refractivity contribution >= 4 is 16.7 Å². The van der Waals surface area contributed by atoms with E-state index in [2.05, 4.69) is 10.3 Å². The third-order valence-corrected chi connectivity index (χ3v) is 2.81. The van der Waals surface area contributed by atoms with Gasteiger partial charge in [-0.15, -0.1) is 0 Å². The summed E-state index contributed by atoms with van der Waals surface area (Å²) in [6.45, 7) is 1.41. The third-order valence-electron chi connectivity index (χ3n) is 2.81. The second-order valence-corrected chi connectivity index (χ2v) is 3.99. The fourth-order valence-corrected chi connectivity index (χ4v) is 1.92. The van der Waals surface area contributed by atoms with Gasteiger partial charge in [-0.2, -0.15) is 0 Å². The molecule has 4 heteroatoms. The molecule has 4 nitrogen and oxygen atoms in total. The zero-order valence-corrected chi connectivity index (χ0v) is 9.69. The van der Waals surface area contributed by atoms with E-state index in [4.69, 9.17) is 9.47 Å². The van der Waals surface area contributed by atoms with Gasteiger partial charge in [0, 0.05) is 24.9 Å². The summed E-state index contributed by atoms with van der Waals surface area (Å²) < 4.78 is 11.3. The number of rotatable bonds is 1. The highest BCUT2D eigenvalue weighted by molar-refractivity contribution is 5.84. The van der Waals surface area contributed by atoms with Crippen LogP contribution in [0.2, 0.25) is 0 Å². The molecule has 1 aliphatic heterocycles. The molecule has 0 saturated carbocycles. The van der Waals surface area contributed by atoms with Gasteiger partial charge >= 0.3 is 0 Å². The Kier molecular flexibility index (Phi) is 2.48. The second kappa shape index (κ2) is 4.13. The third kappa shape index (κ3) is 1.86. The summed E-state index contributed by atoms with van der Waals surface area (Å²) in [5.74, 6) is 2.46. The van der Waals surface area contributed by atoms with Crippen LogP contribution in [0.15, 0.2) is 24.3 Å². The Morgan fingerprint density at radius 1 is 1.12 bits per heavy atom. The van der Waals surface area contributed by atoms with Crippen molar-refractivity contribution in [1.82, 2.24) is 4.98 Å². The lowest BCUT2D eigenvalue weighted by molar-refractivity contribution is 0.297. The number of aromatic nitrogens is 1. The molecule has 17 heavy (non-hydrogen) atoms. The van der Waals surface area contributed by atoms with Crippen LogP contribution in [0.4, 0.5) is 5.82 Å². The van der Waals surface area contributed by atoms with Gasteiger partial charge in [0.05, 0.1) is 18.7 Å². The van der Waals surface area contributed by atoms with Crippen molar-refractivity contribution in [2.75, 3.05) is 25.6 Å². The quantitative estimate of drug-likeness (QED) is 0.817. The summed E-state index contributed by atoms with van der Waals surface area (Å²) >= 11 is 0. The van der Waals surface area contributed by atoms with Crippen LogP contribution >= 0.6 is 0 Å². The fraction of sp³-hybridized carbons (Fsp3) is 0.308. The number of pyridine rings is 1. The zero-order chi connectivity index (χ0) is 11.7. The van der Waals surface area contributed by atoms with E-state index in [-0.39, 0.29) is 0 Å². The Bertz CT molecular complexity index is 554. The van der Waals surface area contributed by atoms with Crippen molar-refractivity contribution < 1.29 is 9.47 Å². The molecule has 1 aromatic carbocycles. The van der Waals surface area contributed by atoms with Crippen molar-refractivity contribution in [2.45, 2.75) is 6.42 Å². The van der Waals surface area contributed by atoms with E-state index in [1.807, 2.05) is 31.3 Å². The van der Waals surface area contributed by atoms with Gasteiger partial charge in [0.25, 0.3) is 0 Å². The second-order valence-electron chi connectivity index (χ2n) is 3.99. The van der Waals surface area contributed by atoms with E-state index in [1.54, 1.807) is 0 Å². The number of nitrogens with zero attached hydrogens (tertiary/aromatic N) is 1. The molecule has 1 aliphatic rings. The molecule has 1 aromatic heterocycles. The molecule has 2 aromatic rings. The van der Waals surface area contributed by atoms with E-state index in [1.165, 1.54) is 0 Å². The molecule has 2 heterocycles. The molecule has 0 fully saturated rings. The zero-order valence-electron chi connectivity index (χ0n) is 9.69. The monoisotopic (exact) mass is 230 g/mol. The van der Waals surface area contributed by atoms with Crippen molar-refractivity contribution in [1.29, 1.82) is 0 Å². The Morgan fingerprint density at radius 2 is 1.88 bits per heavy atom. The lowest BCUT2D eigenvalue weighted by atomic mass is 10.2. The standard InChI is InChI=1S/C13H14N2O2/c1-14-13-4-3-9-7-11-12(8-10(9)15-13)17-6-2-5-16-11/h3-4,7-8H,2,5-6H2,1H3,(H,14,15). The fourth-order valence-electron chi connectivity index (χ4n) is 1.92. The van der Waals surface area contributed by atoms with E-state index in [0.29, 0.717) is 13.2 Å². The molecular weight excluding hydrogens is 216 g/mol. The topological polar surface area (TPSA) is 43.4 Å². The molecule has 0 unspecified atom stereocenters. The van der Waals surface area contributed by atoms with Crippen LogP contribution < -0.4 is 14.8 Å². The molecule has 0 radical (unpaired) electrons. The lowest BCUT2D eigenvalue weighted by Gasteiger charge is -2.09. The number of hydrogen-bond donors (Lipinski definition) is 1. The van der Waals surface area contributed by atoms with Gasteiger partial charge in [-0.1, -0.05) is 0 Å². The first kappa shape index (κ1) is 10.2. The molecule has 0 bridgehead atoms. The summed E-state index contributed by atoms with van der Waals surface area (Å²) in [6.07, 6.45) is 0.917. The Morgan fingerprint density at radius 3 is 2.65 bits per heavy atom. The number of fused-ring (bicyclic) bond motifs is 2.